The van der Waals surface area contributed by atoms with Gasteiger partial charge in [-0.25, -0.2) is 4.98 Å². The largest absolute Gasteiger partial charge is 0.497 e. The molecule has 1 aromatic heterocycles. The first-order valence-corrected chi connectivity index (χ1v) is 9.54. The van der Waals surface area contributed by atoms with E-state index in [1.54, 1.807) is 19.1 Å². The predicted octanol–water partition coefficient (Wildman–Crippen LogP) is 1.48. The molecule has 8 heteroatoms. The Kier molecular flexibility index (Phi) is 4.78. The van der Waals surface area contributed by atoms with Gasteiger partial charge in [0.15, 0.2) is 0 Å². The van der Waals surface area contributed by atoms with Crippen molar-refractivity contribution in [2.24, 2.45) is 12.5 Å². The van der Waals surface area contributed by atoms with Crippen LogP contribution in [-0.4, -0.2) is 63.1 Å². The van der Waals surface area contributed by atoms with E-state index in [1.165, 1.54) is 11.0 Å². The number of hydrogen-bond acceptors (Lipinski definition) is 5. The number of ether oxygens (including phenoxy) is 1. The maximum Gasteiger partial charge on any atom is 0.293 e. The van der Waals surface area contributed by atoms with Crippen LogP contribution in [0.2, 0.25) is 0 Å². The Morgan fingerprint density at radius 1 is 1.21 bits per heavy atom. The molecule has 2 aliphatic heterocycles. The number of carbonyl (C=O) groups is 2. The third-order valence-electron chi connectivity index (χ3n) is 5.84. The van der Waals surface area contributed by atoms with Crippen LogP contribution < -0.4 is 4.74 Å². The van der Waals surface area contributed by atoms with Gasteiger partial charge in [-0.05, 0) is 30.5 Å². The third kappa shape index (κ3) is 3.58. The van der Waals surface area contributed by atoms with Crippen molar-refractivity contribution >= 4 is 11.8 Å². The molecule has 0 unspecified atom stereocenters. The Morgan fingerprint density at radius 3 is 2.54 bits per heavy atom. The van der Waals surface area contributed by atoms with Gasteiger partial charge in [0.25, 0.3) is 5.91 Å². The summed E-state index contributed by atoms with van der Waals surface area (Å²) in [5.74, 6) is 1.12. The van der Waals surface area contributed by atoms with Crippen molar-refractivity contribution in [1.82, 2.24) is 24.6 Å². The van der Waals surface area contributed by atoms with E-state index in [2.05, 4.69) is 10.1 Å². The Morgan fingerprint density at radius 2 is 1.93 bits per heavy atom. The maximum absolute atomic E-state index is 12.6. The lowest BCUT2D eigenvalue weighted by molar-refractivity contribution is -0.128. The zero-order valence-corrected chi connectivity index (χ0v) is 16.3. The molecule has 148 valence electrons. The number of piperidine rings is 1. The van der Waals surface area contributed by atoms with E-state index in [4.69, 9.17) is 4.74 Å². The first-order chi connectivity index (χ1) is 13.5. The van der Waals surface area contributed by atoms with Gasteiger partial charge in [0.2, 0.25) is 11.7 Å². The fraction of sp³-hybridized carbons (Fsp3) is 0.500. The molecule has 2 amide bonds. The molecule has 4 rings (SSSR count). The highest BCUT2D eigenvalue weighted by molar-refractivity contribution is 5.90. The molecule has 0 saturated carbocycles. The Balaban J connectivity index is 1.36. The minimum absolute atomic E-state index is 0.0299. The standard InChI is InChI=1S/C20H25N5O3/c1-23-14-21-18(22-23)19(27)24-9-7-20(8-10-24)11-17(26)25(13-20)12-15-3-5-16(28-2)6-4-15/h3-6,14H,7-13H2,1-2H3. The quantitative estimate of drug-likeness (QED) is 0.799. The van der Waals surface area contributed by atoms with Gasteiger partial charge in [-0.15, -0.1) is 5.10 Å². The molecule has 2 saturated heterocycles. The van der Waals surface area contributed by atoms with Crippen LogP contribution in [0.1, 0.15) is 35.4 Å². The van der Waals surface area contributed by atoms with Crippen LogP contribution >= 0.6 is 0 Å². The van der Waals surface area contributed by atoms with E-state index in [1.807, 2.05) is 29.2 Å². The van der Waals surface area contributed by atoms with Gasteiger partial charge in [-0.3, -0.25) is 14.3 Å². The van der Waals surface area contributed by atoms with Gasteiger partial charge < -0.3 is 14.5 Å². The second-order valence-corrected chi connectivity index (χ2v) is 7.81. The van der Waals surface area contributed by atoms with Crippen molar-refractivity contribution in [2.75, 3.05) is 26.7 Å². The minimum atomic E-state index is -0.130. The predicted molar refractivity (Wildman–Crippen MR) is 102 cm³/mol. The van der Waals surface area contributed by atoms with Crippen molar-refractivity contribution in [3.63, 3.8) is 0 Å². The molecule has 0 atom stereocenters. The molecule has 1 aromatic carbocycles. The number of aromatic nitrogens is 3. The van der Waals surface area contributed by atoms with Crippen molar-refractivity contribution in [3.8, 4) is 5.75 Å². The zero-order chi connectivity index (χ0) is 19.7. The summed E-state index contributed by atoms with van der Waals surface area (Å²) >= 11 is 0. The van der Waals surface area contributed by atoms with Crippen LogP contribution in [0.15, 0.2) is 30.6 Å². The van der Waals surface area contributed by atoms with E-state index in [0.29, 0.717) is 26.1 Å². The zero-order valence-electron chi connectivity index (χ0n) is 16.3. The first-order valence-electron chi connectivity index (χ1n) is 9.54. The number of carbonyl (C=O) groups excluding carboxylic acids is 2. The Hall–Kier alpha value is -2.90. The van der Waals surface area contributed by atoms with E-state index in [0.717, 1.165) is 30.7 Å². The summed E-state index contributed by atoms with van der Waals surface area (Å²) in [5, 5.41) is 4.10. The average molecular weight is 383 g/mol. The number of amides is 2. The van der Waals surface area contributed by atoms with E-state index < -0.39 is 0 Å². The maximum atomic E-state index is 12.6. The van der Waals surface area contributed by atoms with Crippen molar-refractivity contribution in [1.29, 1.82) is 0 Å². The van der Waals surface area contributed by atoms with Crippen LogP contribution in [0.4, 0.5) is 0 Å². The van der Waals surface area contributed by atoms with Crippen LogP contribution in [0.5, 0.6) is 5.75 Å². The summed E-state index contributed by atoms with van der Waals surface area (Å²) in [6.07, 6.45) is 3.76. The number of hydrogen-bond donors (Lipinski definition) is 0. The summed E-state index contributed by atoms with van der Waals surface area (Å²) in [5.41, 5.74) is 1.07. The molecule has 28 heavy (non-hydrogen) atoms. The van der Waals surface area contributed by atoms with Crippen LogP contribution in [-0.2, 0) is 18.4 Å². The SMILES string of the molecule is COc1ccc(CN2CC3(CCN(C(=O)c4ncn(C)n4)CC3)CC2=O)cc1. The smallest absolute Gasteiger partial charge is 0.293 e. The lowest BCUT2D eigenvalue weighted by atomic mass is 9.77. The average Bonchev–Trinajstić information content (AvgIpc) is 3.26. The normalized spacial score (nSPS) is 18.7. The molecule has 0 bridgehead atoms. The van der Waals surface area contributed by atoms with Gasteiger partial charge in [-0.2, -0.15) is 0 Å². The lowest BCUT2D eigenvalue weighted by Crippen LogP contribution is -2.44. The first kappa shape index (κ1) is 18.5. The van der Waals surface area contributed by atoms with Gasteiger partial charge in [0.05, 0.1) is 7.11 Å². The molecule has 0 aliphatic carbocycles. The molecule has 0 radical (unpaired) electrons. The molecule has 2 aliphatic rings. The lowest BCUT2D eigenvalue weighted by Gasteiger charge is -2.38. The summed E-state index contributed by atoms with van der Waals surface area (Å²) < 4.78 is 6.72. The van der Waals surface area contributed by atoms with Gasteiger partial charge in [0, 0.05) is 45.1 Å². The number of likely N-dealkylation sites (tertiary alicyclic amines) is 2. The number of methoxy groups -OCH3 is 1. The van der Waals surface area contributed by atoms with E-state index in [9.17, 15) is 9.59 Å². The topological polar surface area (TPSA) is 80.6 Å². The van der Waals surface area contributed by atoms with Crippen molar-refractivity contribution < 1.29 is 14.3 Å². The minimum Gasteiger partial charge on any atom is -0.497 e. The second kappa shape index (κ2) is 7.26. The summed E-state index contributed by atoms with van der Waals surface area (Å²) in [6, 6.07) is 7.83. The summed E-state index contributed by atoms with van der Waals surface area (Å²) in [7, 11) is 3.39. The van der Waals surface area contributed by atoms with Crippen LogP contribution in [0.25, 0.3) is 0 Å². The van der Waals surface area contributed by atoms with Gasteiger partial charge in [-0.1, -0.05) is 12.1 Å². The van der Waals surface area contributed by atoms with E-state index >= 15 is 0 Å². The highest BCUT2D eigenvalue weighted by atomic mass is 16.5. The molecule has 8 nitrogen and oxygen atoms in total. The molecular weight excluding hydrogens is 358 g/mol. The number of rotatable bonds is 4. The molecule has 2 aromatic rings. The summed E-state index contributed by atoms with van der Waals surface area (Å²) in [6.45, 7) is 2.65. The highest BCUT2D eigenvalue weighted by Crippen LogP contribution is 2.41. The number of aryl methyl sites for hydroxylation is 1. The molecular formula is C20H25N5O3. The fourth-order valence-corrected chi connectivity index (χ4v) is 4.17. The molecule has 0 N–H and O–H groups in total. The summed E-state index contributed by atoms with van der Waals surface area (Å²) in [4.78, 5) is 33.0. The van der Waals surface area contributed by atoms with Crippen LogP contribution in [0.3, 0.4) is 0 Å². The van der Waals surface area contributed by atoms with Crippen molar-refractivity contribution in [3.05, 3.63) is 42.0 Å². The van der Waals surface area contributed by atoms with Crippen LogP contribution in [0, 0.1) is 5.41 Å². The second-order valence-electron chi connectivity index (χ2n) is 7.81. The fourth-order valence-electron chi connectivity index (χ4n) is 4.17. The van der Waals surface area contributed by atoms with Gasteiger partial charge in [0.1, 0.15) is 12.1 Å². The molecule has 2 fully saturated rings. The Labute approximate surface area is 164 Å². The Bertz CT molecular complexity index is 868. The van der Waals surface area contributed by atoms with Gasteiger partial charge >= 0.3 is 0 Å². The molecule has 3 heterocycles. The van der Waals surface area contributed by atoms with E-state index in [-0.39, 0.29) is 23.1 Å². The highest BCUT2D eigenvalue weighted by Gasteiger charge is 2.45. The number of nitrogens with zero attached hydrogens (tertiary/aromatic N) is 5. The monoisotopic (exact) mass is 383 g/mol. The number of benzene rings is 1. The van der Waals surface area contributed by atoms with Crippen molar-refractivity contribution in [2.45, 2.75) is 25.8 Å². The third-order valence-corrected chi connectivity index (χ3v) is 5.84. The molecule has 1 spiro atoms.